The van der Waals surface area contributed by atoms with Gasteiger partial charge in [-0.05, 0) is 66.8 Å². The van der Waals surface area contributed by atoms with Crippen LogP contribution in [0.4, 0.5) is 10.1 Å². The second-order valence-electron chi connectivity index (χ2n) is 8.01. The number of amides is 1. The van der Waals surface area contributed by atoms with E-state index < -0.39 is 0 Å². The smallest absolute Gasteiger partial charge is 0.247 e. The summed E-state index contributed by atoms with van der Waals surface area (Å²) in [5, 5.41) is 0.626. The zero-order chi connectivity index (χ0) is 20.5. The molecule has 2 aliphatic heterocycles. The van der Waals surface area contributed by atoms with Crippen LogP contribution >= 0.6 is 11.6 Å². The fraction of sp³-hybridized carbons (Fsp3) is 0.348. The summed E-state index contributed by atoms with van der Waals surface area (Å²) in [5.74, 6) is -0.182. The van der Waals surface area contributed by atoms with Crippen LogP contribution in [0.2, 0.25) is 5.02 Å². The number of benzene rings is 2. The number of carbonyl (C=O) groups is 1. The van der Waals surface area contributed by atoms with Gasteiger partial charge in [0, 0.05) is 48.5 Å². The topological polar surface area (TPSA) is 49.6 Å². The van der Waals surface area contributed by atoms with Gasteiger partial charge in [0.15, 0.2) is 0 Å². The number of piperazine rings is 1. The number of halogens is 2. The summed E-state index contributed by atoms with van der Waals surface area (Å²) in [6.45, 7) is 4.39. The lowest BCUT2D eigenvalue weighted by atomic mass is 10.1. The Kier molecular flexibility index (Phi) is 5.61. The summed E-state index contributed by atoms with van der Waals surface area (Å²) < 4.78 is 13.1. The number of hydrogen-bond donors (Lipinski definition) is 1. The second-order valence-corrected chi connectivity index (χ2v) is 8.42. The third-order valence-corrected chi connectivity index (χ3v) is 6.31. The van der Waals surface area contributed by atoms with Gasteiger partial charge in [-0.3, -0.25) is 9.69 Å². The highest BCUT2D eigenvalue weighted by Crippen LogP contribution is 2.31. The highest BCUT2D eigenvalue weighted by atomic mass is 35.5. The average Bonchev–Trinajstić information content (AvgIpc) is 2.96. The monoisotopic (exact) mass is 413 g/mol. The van der Waals surface area contributed by atoms with Crippen molar-refractivity contribution in [2.24, 2.45) is 0 Å². The van der Waals surface area contributed by atoms with Crippen molar-refractivity contribution in [2.75, 3.05) is 18.8 Å². The van der Waals surface area contributed by atoms with E-state index >= 15 is 0 Å². The molecule has 1 amide bonds. The van der Waals surface area contributed by atoms with E-state index in [0.717, 1.165) is 49.2 Å². The molecular weight excluding hydrogens is 389 g/mol. The lowest BCUT2D eigenvalue weighted by Gasteiger charge is -2.40. The van der Waals surface area contributed by atoms with Crippen LogP contribution in [0.15, 0.2) is 42.5 Å². The zero-order valence-electron chi connectivity index (χ0n) is 16.4. The van der Waals surface area contributed by atoms with E-state index in [2.05, 4.69) is 4.90 Å². The SMILES string of the molecule is Cc1cc(/C=C/C(=O)N2C3CCC2CN(Cc2ccc(F)cc2)C3)c(N)cc1Cl. The van der Waals surface area contributed by atoms with Crippen molar-refractivity contribution < 1.29 is 9.18 Å². The van der Waals surface area contributed by atoms with E-state index in [-0.39, 0.29) is 23.8 Å². The Bertz CT molecular complexity index is 930. The molecule has 29 heavy (non-hydrogen) atoms. The minimum atomic E-state index is -0.215. The molecule has 6 heteroatoms. The third kappa shape index (κ3) is 4.31. The first kappa shape index (κ1) is 19.9. The molecule has 0 aromatic heterocycles. The van der Waals surface area contributed by atoms with E-state index in [1.807, 2.05) is 30.0 Å². The van der Waals surface area contributed by atoms with Gasteiger partial charge < -0.3 is 10.6 Å². The number of nitrogens with two attached hydrogens (primary N) is 1. The molecule has 2 unspecified atom stereocenters. The standard InChI is InChI=1S/C23H25ClFN3O/c1-15-10-17(22(26)11-21(15)24)4-9-23(29)28-19-7-8-20(28)14-27(13-19)12-16-2-5-18(25)6-3-16/h2-6,9-11,19-20H,7-8,12-14,26H2,1H3/b9-4+. The lowest BCUT2D eigenvalue weighted by Crippen LogP contribution is -2.55. The molecule has 0 radical (unpaired) electrons. The number of likely N-dealkylation sites (tertiary alicyclic amines) is 1. The minimum absolute atomic E-state index is 0.0333. The maximum atomic E-state index is 13.1. The van der Waals surface area contributed by atoms with Crippen LogP contribution in [0.1, 0.15) is 29.5 Å². The molecule has 2 aromatic carbocycles. The number of hydrogen-bond acceptors (Lipinski definition) is 3. The normalized spacial score (nSPS) is 21.8. The van der Waals surface area contributed by atoms with Crippen molar-refractivity contribution in [2.45, 2.75) is 38.4 Å². The Morgan fingerprint density at radius 1 is 1.21 bits per heavy atom. The summed E-state index contributed by atoms with van der Waals surface area (Å²) in [6.07, 6.45) is 5.45. The van der Waals surface area contributed by atoms with Gasteiger partial charge in [0.05, 0.1) is 0 Å². The van der Waals surface area contributed by atoms with Gasteiger partial charge in [-0.25, -0.2) is 4.39 Å². The van der Waals surface area contributed by atoms with Crippen LogP contribution in [0.5, 0.6) is 0 Å². The van der Waals surface area contributed by atoms with Crippen molar-refractivity contribution in [3.05, 3.63) is 70.0 Å². The molecule has 2 atom stereocenters. The highest BCUT2D eigenvalue weighted by Gasteiger charge is 2.41. The van der Waals surface area contributed by atoms with E-state index in [4.69, 9.17) is 17.3 Å². The van der Waals surface area contributed by atoms with Crippen LogP contribution in [0, 0.1) is 12.7 Å². The molecule has 152 valence electrons. The van der Waals surface area contributed by atoms with Crippen LogP contribution in [-0.4, -0.2) is 40.9 Å². The van der Waals surface area contributed by atoms with Gasteiger partial charge in [-0.2, -0.15) is 0 Å². The molecule has 4 nitrogen and oxygen atoms in total. The summed E-state index contributed by atoms with van der Waals surface area (Å²) in [6, 6.07) is 10.7. The maximum absolute atomic E-state index is 13.1. The molecule has 2 saturated heterocycles. The van der Waals surface area contributed by atoms with Gasteiger partial charge in [-0.1, -0.05) is 23.7 Å². The van der Waals surface area contributed by atoms with E-state index in [0.29, 0.717) is 10.7 Å². The van der Waals surface area contributed by atoms with Gasteiger partial charge in [0.1, 0.15) is 5.82 Å². The van der Waals surface area contributed by atoms with Crippen LogP contribution < -0.4 is 5.73 Å². The van der Waals surface area contributed by atoms with Crippen molar-refractivity contribution >= 4 is 29.3 Å². The Morgan fingerprint density at radius 3 is 2.52 bits per heavy atom. The third-order valence-electron chi connectivity index (χ3n) is 5.90. The summed E-state index contributed by atoms with van der Waals surface area (Å²) in [5.41, 5.74) is 9.44. The summed E-state index contributed by atoms with van der Waals surface area (Å²) in [7, 11) is 0. The number of aryl methyl sites for hydroxylation is 1. The first-order valence-electron chi connectivity index (χ1n) is 9.93. The second kappa shape index (κ2) is 8.17. The molecule has 2 bridgehead atoms. The van der Waals surface area contributed by atoms with Crippen molar-refractivity contribution in [1.29, 1.82) is 0 Å². The molecule has 2 fully saturated rings. The predicted molar refractivity (Wildman–Crippen MR) is 115 cm³/mol. The number of fused-ring (bicyclic) bond motifs is 2. The molecule has 2 heterocycles. The van der Waals surface area contributed by atoms with E-state index in [1.165, 1.54) is 12.1 Å². The Hall–Kier alpha value is -2.37. The lowest BCUT2D eigenvalue weighted by molar-refractivity contribution is -0.131. The zero-order valence-corrected chi connectivity index (χ0v) is 17.2. The van der Waals surface area contributed by atoms with E-state index in [9.17, 15) is 9.18 Å². The molecule has 0 saturated carbocycles. The predicted octanol–water partition coefficient (Wildman–Crippen LogP) is 4.26. The van der Waals surface area contributed by atoms with Gasteiger partial charge >= 0.3 is 0 Å². The molecule has 0 aliphatic carbocycles. The molecule has 0 spiro atoms. The average molecular weight is 414 g/mol. The van der Waals surface area contributed by atoms with Crippen molar-refractivity contribution in [3.8, 4) is 0 Å². The summed E-state index contributed by atoms with van der Waals surface area (Å²) in [4.78, 5) is 17.3. The molecule has 2 aliphatic rings. The van der Waals surface area contributed by atoms with Crippen molar-refractivity contribution in [3.63, 3.8) is 0 Å². The molecule has 2 N–H and O–H groups in total. The van der Waals surface area contributed by atoms with Crippen LogP contribution in [0.25, 0.3) is 6.08 Å². The number of nitrogen functional groups attached to an aromatic ring is 1. The number of nitrogens with zero attached hydrogens (tertiary/aromatic N) is 2. The number of anilines is 1. The fourth-order valence-electron chi connectivity index (χ4n) is 4.44. The van der Waals surface area contributed by atoms with Gasteiger partial charge in [0.25, 0.3) is 0 Å². The Morgan fingerprint density at radius 2 is 1.86 bits per heavy atom. The fourth-order valence-corrected chi connectivity index (χ4v) is 4.61. The molecular formula is C23H25ClFN3O. The van der Waals surface area contributed by atoms with Gasteiger partial charge in [-0.15, -0.1) is 0 Å². The first-order chi connectivity index (χ1) is 13.9. The molecule has 2 aromatic rings. The number of carbonyl (C=O) groups excluding carboxylic acids is 1. The molecule has 4 rings (SSSR count). The number of rotatable bonds is 4. The Balaban J connectivity index is 1.42. The van der Waals surface area contributed by atoms with Crippen LogP contribution in [-0.2, 0) is 11.3 Å². The summed E-state index contributed by atoms with van der Waals surface area (Å²) >= 11 is 6.09. The Labute approximate surface area is 175 Å². The largest absolute Gasteiger partial charge is 0.398 e. The highest BCUT2D eigenvalue weighted by molar-refractivity contribution is 6.31. The first-order valence-corrected chi connectivity index (χ1v) is 10.3. The quantitative estimate of drug-likeness (QED) is 0.602. The maximum Gasteiger partial charge on any atom is 0.247 e. The van der Waals surface area contributed by atoms with Crippen molar-refractivity contribution in [1.82, 2.24) is 9.80 Å². The van der Waals surface area contributed by atoms with Crippen LogP contribution in [0.3, 0.4) is 0 Å². The van der Waals surface area contributed by atoms with E-state index in [1.54, 1.807) is 18.2 Å². The van der Waals surface area contributed by atoms with Gasteiger partial charge in [0.2, 0.25) is 5.91 Å². The minimum Gasteiger partial charge on any atom is -0.398 e.